The molecule has 1 aliphatic carbocycles. The molecule has 1 fully saturated rings. The molecule has 2 nitrogen and oxygen atoms in total. The highest BCUT2D eigenvalue weighted by Crippen LogP contribution is 2.37. The third kappa shape index (κ3) is 2.53. The van der Waals surface area contributed by atoms with Crippen LogP contribution in [0.4, 0.5) is 0 Å². The summed E-state index contributed by atoms with van der Waals surface area (Å²) < 4.78 is 0. The topological polar surface area (TPSA) is 40.5 Å². The van der Waals surface area contributed by atoms with Gasteiger partial charge in [0.2, 0.25) is 0 Å². The fraction of sp³-hybridized carbons (Fsp3) is 0.600. The number of hydrogen-bond acceptors (Lipinski definition) is 2. The Labute approximate surface area is 103 Å². The standard InChI is InChI=1S/C15H22O2/c1-3-15(2,17)14(16)13-9-7-12(8-10-13)11-5-4-6-11/h7-11,14,16-17H,3-6H2,1-2H3. The third-order valence-electron chi connectivity index (χ3n) is 4.13. The molecule has 2 N–H and O–H groups in total. The Bertz CT molecular complexity index is 363. The van der Waals surface area contributed by atoms with Gasteiger partial charge in [0, 0.05) is 0 Å². The van der Waals surface area contributed by atoms with Gasteiger partial charge in [-0.15, -0.1) is 0 Å². The molecule has 0 heterocycles. The predicted molar refractivity (Wildman–Crippen MR) is 68.9 cm³/mol. The molecule has 94 valence electrons. The Morgan fingerprint density at radius 1 is 1.29 bits per heavy atom. The van der Waals surface area contributed by atoms with E-state index in [9.17, 15) is 10.2 Å². The van der Waals surface area contributed by atoms with Crippen molar-refractivity contribution < 1.29 is 10.2 Å². The van der Waals surface area contributed by atoms with E-state index in [0.29, 0.717) is 12.3 Å². The summed E-state index contributed by atoms with van der Waals surface area (Å²) in [7, 11) is 0. The van der Waals surface area contributed by atoms with Gasteiger partial charge < -0.3 is 10.2 Å². The van der Waals surface area contributed by atoms with E-state index in [-0.39, 0.29) is 0 Å². The zero-order valence-electron chi connectivity index (χ0n) is 10.7. The molecule has 0 spiro atoms. The molecule has 2 unspecified atom stereocenters. The van der Waals surface area contributed by atoms with Gasteiger partial charge in [0.15, 0.2) is 0 Å². The first-order valence-corrected chi connectivity index (χ1v) is 6.55. The normalized spacial score (nSPS) is 21.6. The Morgan fingerprint density at radius 3 is 2.29 bits per heavy atom. The second-order valence-corrected chi connectivity index (χ2v) is 5.41. The molecule has 1 saturated carbocycles. The van der Waals surface area contributed by atoms with E-state index in [4.69, 9.17) is 0 Å². The molecule has 0 amide bonds. The summed E-state index contributed by atoms with van der Waals surface area (Å²) in [6, 6.07) is 8.08. The zero-order chi connectivity index (χ0) is 12.5. The highest BCUT2D eigenvalue weighted by Gasteiger charge is 2.29. The maximum Gasteiger partial charge on any atom is 0.107 e. The third-order valence-corrected chi connectivity index (χ3v) is 4.13. The minimum atomic E-state index is -1.04. The lowest BCUT2D eigenvalue weighted by atomic mass is 9.79. The number of aliphatic hydroxyl groups excluding tert-OH is 1. The first-order valence-electron chi connectivity index (χ1n) is 6.55. The summed E-state index contributed by atoms with van der Waals surface area (Å²) in [6.45, 7) is 3.56. The van der Waals surface area contributed by atoms with Crippen LogP contribution in [0.2, 0.25) is 0 Å². The van der Waals surface area contributed by atoms with Crippen LogP contribution >= 0.6 is 0 Å². The minimum absolute atomic E-state index is 0.540. The molecule has 2 heteroatoms. The maximum absolute atomic E-state index is 10.1. The van der Waals surface area contributed by atoms with Crippen molar-refractivity contribution in [2.75, 3.05) is 0 Å². The Kier molecular flexibility index (Phi) is 3.55. The highest BCUT2D eigenvalue weighted by molar-refractivity contribution is 5.28. The zero-order valence-corrected chi connectivity index (χ0v) is 10.7. The predicted octanol–water partition coefficient (Wildman–Crippen LogP) is 3.15. The fourth-order valence-electron chi connectivity index (χ4n) is 2.24. The molecule has 0 aromatic heterocycles. The van der Waals surface area contributed by atoms with Crippen LogP contribution in [0.5, 0.6) is 0 Å². The van der Waals surface area contributed by atoms with E-state index in [0.717, 1.165) is 5.56 Å². The molecule has 2 rings (SSSR count). The van der Waals surface area contributed by atoms with Crippen molar-refractivity contribution in [3.8, 4) is 0 Å². The molecule has 1 aliphatic rings. The summed E-state index contributed by atoms with van der Waals surface area (Å²) in [4.78, 5) is 0. The van der Waals surface area contributed by atoms with Gasteiger partial charge in [-0.25, -0.2) is 0 Å². The summed E-state index contributed by atoms with van der Waals surface area (Å²) in [5.41, 5.74) is 1.13. The van der Waals surface area contributed by atoms with Crippen molar-refractivity contribution >= 4 is 0 Å². The van der Waals surface area contributed by atoms with Gasteiger partial charge in [-0.1, -0.05) is 37.6 Å². The Morgan fingerprint density at radius 2 is 1.88 bits per heavy atom. The second-order valence-electron chi connectivity index (χ2n) is 5.41. The van der Waals surface area contributed by atoms with E-state index in [1.165, 1.54) is 24.8 Å². The largest absolute Gasteiger partial charge is 0.387 e. The van der Waals surface area contributed by atoms with E-state index in [2.05, 4.69) is 12.1 Å². The van der Waals surface area contributed by atoms with Crippen LogP contribution in [0.1, 0.15) is 62.7 Å². The summed E-state index contributed by atoms with van der Waals surface area (Å²) in [6.07, 6.45) is 3.64. The van der Waals surface area contributed by atoms with Crippen molar-refractivity contribution in [2.24, 2.45) is 0 Å². The average Bonchev–Trinajstić information content (AvgIpc) is 2.27. The van der Waals surface area contributed by atoms with Crippen LogP contribution in [-0.2, 0) is 0 Å². The Hall–Kier alpha value is -0.860. The van der Waals surface area contributed by atoms with Gasteiger partial charge in [0.1, 0.15) is 6.10 Å². The number of hydrogen-bond donors (Lipinski definition) is 2. The van der Waals surface area contributed by atoms with Crippen LogP contribution in [-0.4, -0.2) is 15.8 Å². The van der Waals surface area contributed by atoms with Gasteiger partial charge in [-0.3, -0.25) is 0 Å². The number of benzene rings is 1. The molecular weight excluding hydrogens is 212 g/mol. The number of rotatable bonds is 4. The van der Waals surface area contributed by atoms with Gasteiger partial charge in [-0.05, 0) is 43.2 Å². The quantitative estimate of drug-likeness (QED) is 0.840. The molecule has 1 aromatic carbocycles. The lowest BCUT2D eigenvalue weighted by Crippen LogP contribution is -2.31. The average molecular weight is 234 g/mol. The first-order chi connectivity index (χ1) is 8.04. The SMILES string of the molecule is CCC(C)(O)C(O)c1ccc(C2CCC2)cc1. The fourth-order valence-corrected chi connectivity index (χ4v) is 2.24. The molecule has 17 heavy (non-hydrogen) atoms. The minimum Gasteiger partial charge on any atom is -0.387 e. The Balaban J connectivity index is 2.11. The van der Waals surface area contributed by atoms with E-state index in [1.807, 2.05) is 19.1 Å². The highest BCUT2D eigenvalue weighted by atomic mass is 16.3. The lowest BCUT2D eigenvalue weighted by Gasteiger charge is -2.29. The van der Waals surface area contributed by atoms with Gasteiger partial charge in [0.05, 0.1) is 5.60 Å². The smallest absolute Gasteiger partial charge is 0.107 e. The van der Waals surface area contributed by atoms with Crippen molar-refractivity contribution in [1.29, 1.82) is 0 Å². The van der Waals surface area contributed by atoms with Crippen molar-refractivity contribution in [1.82, 2.24) is 0 Å². The van der Waals surface area contributed by atoms with Crippen molar-refractivity contribution in [2.45, 2.75) is 57.2 Å². The number of aliphatic hydroxyl groups is 2. The van der Waals surface area contributed by atoms with E-state index in [1.54, 1.807) is 6.92 Å². The van der Waals surface area contributed by atoms with Gasteiger partial charge in [0.25, 0.3) is 0 Å². The lowest BCUT2D eigenvalue weighted by molar-refractivity contribution is -0.0658. The first kappa shape index (κ1) is 12.6. The van der Waals surface area contributed by atoms with Crippen LogP contribution in [0, 0.1) is 0 Å². The second kappa shape index (κ2) is 4.79. The molecule has 2 atom stereocenters. The van der Waals surface area contributed by atoms with Crippen LogP contribution < -0.4 is 0 Å². The molecular formula is C15H22O2. The van der Waals surface area contributed by atoms with Crippen LogP contribution in [0.15, 0.2) is 24.3 Å². The van der Waals surface area contributed by atoms with Crippen molar-refractivity contribution in [3.05, 3.63) is 35.4 Å². The van der Waals surface area contributed by atoms with Gasteiger partial charge in [-0.2, -0.15) is 0 Å². The van der Waals surface area contributed by atoms with E-state index >= 15 is 0 Å². The summed E-state index contributed by atoms with van der Waals surface area (Å²) in [5, 5.41) is 20.1. The monoisotopic (exact) mass is 234 g/mol. The molecule has 1 aromatic rings. The molecule has 0 aliphatic heterocycles. The van der Waals surface area contributed by atoms with E-state index < -0.39 is 11.7 Å². The summed E-state index contributed by atoms with van der Waals surface area (Å²) >= 11 is 0. The van der Waals surface area contributed by atoms with Gasteiger partial charge >= 0.3 is 0 Å². The van der Waals surface area contributed by atoms with Crippen molar-refractivity contribution in [3.63, 3.8) is 0 Å². The summed E-state index contributed by atoms with van der Waals surface area (Å²) in [5.74, 6) is 0.716. The van der Waals surface area contributed by atoms with Crippen LogP contribution in [0.25, 0.3) is 0 Å². The maximum atomic E-state index is 10.1. The molecule has 0 radical (unpaired) electrons. The molecule has 0 saturated heterocycles. The molecule has 0 bridgehead atoms. The van der Waals surface area contributed by atoms with Crippen LogP contribution in [0.3, 0.4) is 0 Å².